The van der Waals surface area contributed by atoms with Gasteiger partial charge in [-0.1, -0.05) is 12.1 Å². The predicted octanol–water partition coefficient (Wildman–Crippen LogP) is 2.59. The lowest BCUT2D eigenvalue weighted by Crippen LogP contribution is -2.41. The molecule has 1 aromatic carbocycles. The molecule has 0 saturated carbocycles. The molecule has 1 amide bonds. The molecule has 6 rings (SSSR count). The van der Waals surface area contributed by atoms with Crippen LogP contribution in [0.1, 0.15) is 33.1 Å². The van der Waals surface area contributed by atoms with Crippen LogP contribution in [0.3, 0.4) is 0 Å². The van der Waals surface area contributed by atoms with Crippen molar-refractivity contribution in [2.24, 2.45) is 7.05 Å². The zero-order chi connectivity index (χ0) is 20.9. The highest BCUT2D eigenvalue weighted by Gasteiger charge is 2.38. The van der Waals surface area contributed by atoms with Crippen molar-refractivity contribution < 1.29 is 9.21 Å². The van der Waals surface area contributed by atoms with Crippen LogP contribution in [-0.4, -0.2) is 52.3 Å². The number of carbonyl (C=O) groups excluding carboxylic acids is 1. The van der Waals surface area contributed by atoms with Crippen LogP contribution in [0.15, 0.2) is 47.3 Å². The van der Waals surface area contributed by atoms with E-state index in [0.717, 1.165) is 26.6 Å². The molecule has 10 nitrogen and oxygen atoms in total. The molecule has 5 aromatic rings. The van der Waals surface area contributed by atoms with Crippen molar-refractivity contribution >= 4 is 27.5 Å². The second kappa shape index (κ2) is 6.84. The van der Waals surface area contributed by atoms with Crippen molar-refractivity contribution in [3.63, 3.8) is 0 Å². The highest BCUT2D eigenvalue weighted by atomic mass is 32.1. The topological polar surface area (TPSA) is 119 Å². The molecule has 1 aliphatic heterocycles. The summed E-state index contributed by atoms with van der Waals surface area (Å²) in [5.74, 6) is -0.226. The van der Waals surface area contributed by atoms with E-state index in [2.05, 4.69) is 25.3 Å². The van der Waals surface area contributed by atoms with Gasteiger partial charge in [0, 0.05) is 31.9 Å². The van der Waals surface area contributed by atoms with E-state index < -0.39 is 6.04 Å². The van der Waals surface area contributed by atoms with Gasteiger partial charge in [-0.25, -0.2) is 9.97 Å². The zero-order valence-electron chi connectivity index (χ0n) is 16.4. The largest absolute Gasteiger partial charge is 0.411 e. The molecule has 0 spiro atoms. The van der Waals surface area contributed by atoms with Gasteiger partial charge in [-0.15, -0.1) is 21.5 Å². The monoisotopic (exact) mass is 432 g/mol. The lowest BCUT2D eigenvalue weighted by Gasteiger charge is -2.32. The quantitative estimate of drug-likeness (QED) is 0.465. The van der Waals surface area contributed by atoms with Crippen LogP contribution in [0, 0.1) is 0 Å². The molecule has 31 heavy (non-hydrogen) atoms. The number of aromatic amines is 1. The highest BCUT2D eigenvalue weighted by molar-refractivity contribution is 7.18. The van der Waals surface area contributed by atoms with E-state index in [1.165, 1.54) is 0 Å². The Morgan fingerprint density at radius 2 is 2.16 bits per heavy atom. The van der Waals surface area contributed by atoms with Crippen molar-refractivity contribution in [3.05, 3.63) is 65.1 Å². The first-order chi connectivity index (χ1) is 15.2. The molecule has 1 unspecified atom stereocenters. The molecule has 1 aliphatic rings. The Bertz CT molecular complexity index is 1380. The second-order valence-electron chi connectivity index (χ2n) is 7.22. The number of imidazole rings is 1. The first-order valence-corrected chi connectivity index (χ1v) is 10.5. The number of carbonyl (C=O) groups is 1. The number of aryl methyl sites for hydroxylation is 1. The number of hydrogen-bond donors (Lipinski definition) is 1. The molecule has 0 radical (unpaired) electrons. The van der Waals surface area contributed by atoms with Gasteiger partial charge in [0.05, 0.1) is 22.2 Å². The molecule has 11 heteroatoms. The Labute approximate surface area is 179 Å². The van der Waals surface area contributed by atoms with Crippen molar-refractivity contribution in [2.45, 2.75) is 12.5 Å². The van der Waals surface area contributed by atoms with Gasteiger partial charge in [-0.2, -0.15) is 5.10 Å². The van der Waals surface area contributed by atoms with Crippen LogP contribution in [0.25, 0.3) is 21.8 Å². The maximum atomic E-state index is 13.4. The SMILES string of the molecule is Cn1ccc(-c2nnc(C(=O)N3CCc4[nH]cnc4C3c3nc4ccccc4s3)o2)n1. The molecule has 1 atom stereocenters. The maximum absolute atomic E-state index is 13.4. The fourth-order valence-corrected chi connectivity index (χ4v) is 4.90. The number of rotatable bonds is 3. The van der Waals surface area contributed by atoms with Gasteiger partial charge >= 0.3 is 11.8 Å². The van der Waals surface area contributed by atoms with Crippen molar-refractivity contribution in [1.29, 1.82) is 0 Å². The summed E-state index contributed by atoms with van der Waals surface area (Å²) < 4.78 is 8.37. The van der Waals surface area contributed by atoms with E-state index in [1.807, 2.05) is 24.3 Å². The number of H-pyrrole nitrogens is 1. The van der Waals surface area contributed by atoms with E-state index in [1.54, 1.807) is 46.6 Å². The van der Waals surface area contributed by atoms with Gasteiger partial charge < -0.3 is 14.3 Å². The molecule has 4 aromatic heterocycles. The van der Waals surface area contributed by atoms with Crippen molar-refractivity contribution in [2.75, 3.05) is 6.54 Å². The average Bonchev–Trinajstić information content (AvgIpc) is 3.57. The van der Waals surface area contributed by atoms with E-state index in [0.29, 0.717) is 18.7 Å². The van der Waals surface area contributed by atoms with E-state index in [-0.39, 0.29) is 17.7 Å². The van der Waals surface area contributed by atoms with Gasteiger partial charge in [-0.3, -0.25) is 9.48 Å². The molecule has 5 heterocycles. The van der Waals surface area contributed by atoms with Crippen LogP contribution in [0.5, 0.6) is 0 Å². The van der Waals surface area contributed by atoms with Crippen LogP contribution in [0.2, 0.25) is 0 Å². The van der Waals surface area contributed by atoms with Crippen LogP contribution in [0.4, 0.5) is 0 Å². The molecule has 1 N–H and O–H groups in total. The summed E-state index contributed by atoms with van der Waals surface area (Å²) in [4.78, 5) is 27.6. The second-order valence-corrected chi connectivity index (χ2v) is 8.29. The first-order valence-electron chi connectivity index (χ1n) is 9.69. The minimum absolute atomic E-state index is 0.0780. The number of para-hydroxylation sites is 1. The Morgan fingerprint density at radius 1 is 1.26 bits per heavy atom. The lowest BCUT2D eigenvalue weighted by molar-refractivity contribution is 0.0650. The lowest BCUT2D eigenvalue weighted by atomic mass is 10.0. The predicted molar refractivity (Wildman–Crippen MR) is 111 cm³/mol. The zero-order valence-corrected chi connectivity index (χ0v) is 17.2. The Morgan fingerprint density at radius 3 is 3.00 bits per heavy atom. The van der Waals surface area contributed by atoms with Gasteiger partial charge in [0.15, 0.2) is 0 Å². The Kier molecular flexibility index (Phi) is 3.96. The molecular weight excluding hydrogens is 416 g/mol. The normalized spacial score (nSPS) is 16.0. The number of fused-ring (bicyclic) bond motifs is 2. The summed E-state index contributed by atoms with van der Waals surface area (Å²) in [6.07, 6.45) is 4.09. The number of aromatic nitrogens is 7. The van der Waals surface area contributed by atoms with Crippen molar-refractivity contribution in [1.82, 2.24) is 39.8 Å². The average molecular weight is 432 g/mol. The van der Waals surface area contributed by atoms with E-state index >= 15 is 0 Å². The van der Waals surface area contributed by atoms with Crippen molar-refractivity contribution in [3.8, 4) is 11.6 Å². The molecule has 0 fully saturated rings. The number of nitrogens with zero attached hydrogens (tertiary/aromatic N) is 7. The van der Waals surface area contributed by atoms with E-state index in [9.17, 15) is 4.79 Å². The minimum atomic E-state index is -0.426. The minimum Gasteiger partial charge on any atom is -0.411 e. The fourth-order valence-electron chi connectivity index (χ4n) is 3.82. The third kappa shape index (κ3) is 2.93. The molecule has 0 aliphatic carbocycles. The van der Waals surface area contributed by atoms with Crippen LogP contribution in [-0.2, 0) is 13.5 Å². The molecule has 154 valence electrons. The molecule has 0 bridgehead atoms. The van der Waals surface area contributed by atoms with Gasteiger partial charge in [0.25, 0.3) is 5.89 Å². The number of amides is 1. The summed E-state index contributed by atoms with van der Waals surface area (Å²) in [5.41, 5.74) is 3.22. The van der Waals surface area contributed by atoms with Gasteiger partial charge in [0.1, 0.15) is 16.7 Å². The van der Waals surface area contributed by atoms with Crippen LogP contribution < -0.4 is 0 Å². The number of hydrogen-bond acceptors (Lipinski definition) is 8. The molecule has 0 saturated heterocycles. The van der Waals surface area contributed by atoms with Gasteiger partial charge in [-0.05, 0) is 18.2 Å². The standard InChI is InChI=1S/C20H16N8O2S/c1-27-8-6-13(26-27)17-24-25-18(30-17)20(29)28-9-7-12-15(22-10-21-12)16(28)19-23-11-4-2-3-5-14(11)31-19/h2-6,8,10,16H,7,9H2,1H3,(H,21,22). The summed E-state index contributed by atoms with van der Waals surface area (Å²) in [5, 5.41) is 13.0. The Hall–Kier alpha value is -3.86. The Balaban J connectivity index is 1.40. The number of nitrogens with one attached hydrogen (secondary N) is 1. The first kappa shape index (κ1) is 18.0. The van der Waals surface area contributed by atoms with Gasteiger partial charge in [0.2, 0.25) is 0 Å². The fraction of sp³-hybridized carbons (Fsp3) is 0.200. The summed E-state index contributed by atoms with van der Waals surface area (Å²) in [7, 11) is 1.80. The van der Waals surface area contributed by atoms with E-state index in [4.69, 9.17) is 9.40 Å². The third-order valence-electron chi connectivity index (χ3n) is 5.27. The number of benzene rings is 1. The molecular formula is C20H16N8O2S. The van der Waals surface area contributed by atoms with Crippen LogP contribution >= 0.6 is 11.3 Å². The summed E-state index contributed by atoms with van der Waals surface area (Å²) in [6, 6.07) is 9.24. The third-order valence-corrected chi connectivity index (χ3v) is 6.36. The maximum Gasteiger partial charge on any atom is 0.312 e. The summed E-state index contributed by atoms with van der Waals surface area (Å²) >= 11 is 1.55. The highest BCUT2D eigenvalue weighted by Crippen LogP contribution is 2.38. The summed E-state index contributed by atoms with van der Waals surface area (Å²) in [6.45, 7) is 0.482. The number of thiazole rings is 1. The smallest absolute Gasteiger partial charge is 0.312 e.